The lowest BCUT2D eigenvalue weighted by Gasteiger charge is -2.28. The molecule has 254 valence electrons. The third-order valence-corrected chi connectivity index (χ3v) is 10.6. The van der Waals surface area contributed by atoms with Gasteiger partial charge in [0.2, 0.25) is 0 Å². The summed E-state index contributed by atoms with van der Waals surface area (Å²) in [5.41, 5.74) is 14.1. The van der Waals surface area contributed by atoms with Gasteiger partial charge in [0.05, 0.1) is 16.7 Å². The normalized spacial score (nSPS) is 11.3. The Hall–Kier alpha value is -7.16. The molecule has 54 heavy (non-hydrogen) atoms. The van der Waals surface area contributed by atoms with Crippen LogP contribution >= 0.6 is 0 Å². The second kappa shape index (κ2) is 13.4. The number of rotatable bonds is 7. The van der Waals surface area contributed by atoms with Crippen molar-refractivity contribution in [3.8, 4) is 39.1 Å². The highest BCUT2D eigenvalue weighted by atomic mass is 15.1. The minimum atomic E-state index is 1.09. The summed E-state index contributed by atoms with van der Waals surface area (Å²) in [4.78, 5) is 2.43. The quantitative estimate of drug-likeness (QED) is 0.162. The van der Waals surface area contributed by atoms with E-state index in [1.54, 1.807) is 0 Å². The molecule has 0 aliphatic rings. The van der Waals surface area contributed by atoms with Crippen molar-refractivity contribution in [2.24, 2.45) is 0 Å². The molecule has 9 aromatic carbocycles. The van der Waals surface area contributed by atoms with Crippen molar-refractivity contribution in [3.63, 3.8) is 0 Å². The molecule has 10 rings (SSSR count). The molecule has 2 nitrogen and oxygen atoms in total. The van der Waals surface area contributed by atoms with Gasteiger partial charge in [-0.1, -0.05) is 170 Å². The lowest BCUT2D eigenvalue weighted by Crippen LogP contribution is -2.11. The van der Waals surface area contributed by atoms with Crippen LogP contribution in [0, 0.1) is 0 Å². The SMILES string of the molecule is c1ccc(-c2ccc(N(c3ccc4c5c(-c6ccccc6)cccc5n(-c5ccccc5)c4c3)c3ccc(-c4ccccc4)c4ccccc34)cc2)cc1. The number of hydrogen-bond acceptors (Lipinski definition) is 1. The monoisotopic (exact) mass is 688 g/mol. The molecule has 0 fully saturated rings. The van der Waals surface area contributed by atoms with Crippen LogP contribution in [0.1, 0.15) is 0 Å². The summed E-state index contributed by atoms with van der Waals surface area (Å²) in [6.45, 7) is 0. The maximum atomic E-state index is 2.43. The first-order valence-electron chi connectivity index (χ1n) is 18.5. The highest BCUT2D eigenvalue weighted by Gasteiger charge is 2.21. The van der Waals surface area contributed by atoms with Gasteiger partial charge in [-0.15, -0.1) is 0 Å². The molecular weight excluding hydrogens is 653 g/mol. The first kappa shape index (κ1) is 31.6. The van der Waals surface area contributed by atoms with Gasteiger partial charge in [0, 0.05) is 33.2 Å². The molecule has 0 unspecified atom stereocenters. The number of benzene rings is 9. The Morgan fingerprint density at radius 3 is 1.56 bits per heavy atom. The Balaban J connectivity index is 1.24. The van der Waals surface area contributed by atoms with Crippen molar-refractivity contribution < 1.29 is 0 Å². The van der Waals surface area contributed by atoms with Gasteiger partial charge >= 0.3 is 0 Å². The van der Waals surface area contributed by atoms with E-state index in [0.717, 1.165) is 28.3 Å². The summed E-state index contributed by atoms with van der Waals surface area (Å²) in [6, 6.07) is 78.8. The minimum absolute atomic E-state index is 1.09. The zero-order valence-corrected chi connectivity index (χ0v) is 29.7. The van der Waals surface area contributed by atoms with E-state index in [-0.39, 0.29) is 0 Å². The molecule has 0 saturated carbocycles. The van der Waals surface area contributed by atoms with Crippen molar-refractivity contribution in [2.75, 3.05) is 4.90 Å². The first-order valence-corrected chi connectivity index (χ1v) is 18.5. The van der Waals surface area contributed by atoms with E-state index in [4.69, 9.17) is 0 Å². The molecule has 10 aromatic rings. The number of para-hydroxylation sites is 1. The lowest BCUT2D eigenvalue weighted by atomic mass is 9.96. The second-order valence-corrected chi connectivity index (χ2v) is 13.7. The van der Waals surface area contributed by atoms with Crippen molar-refractivity contribution in [1.29, 1.82) is 0 Å². The van der Waals surface area contributed by atoms with Crippen LogP contribution in [0.15, 0.2) is 218 Å². The summed E-state index contributed by atoms with van der Waals surface area (Å²) in [5, 5.41) is 4.89. The third-order valence-electron chi connectivity index (χ3n) is 10.6. The van der Waals surface area contributed by atoms with E-state index in [1.807, 2.05) is 0 Å². The fourth-order valence-electron chi connectivity index (χ4n) is 8.12. The van der Waals surface area contributed by atoms with Crippen molar-refractivity contribution >= 4 is 49.6 Å². The molecule has 1 heterocycles. The maximum absolute atomic E-state index is 2.43. The molecule has 0 aliphatic carbocycles. The standard InChI is InChI=1S/C52H36N2/c1-5-16-37(17-6-1)38-28-30-42(31-29-38)53(49-35-34-44(39-18-7-2-8-19-39)46-24-13-14-25-47(46)49)43-32-33-48-51(36-43)54(41-22-11-4-12-23-41)50-27-15-26-45(52(48)50)40-20-9-3-10-21-40/h1-36H. The molecule has 0 radical (unpaired) electrons. The van der Waals surface area contributed by atoms with Gasteiger partial charge in [-0.2, -0.15) is 0 Å². The van der Waals surface area contributed by atoms with Crippen molar-refractivity contribution in [1.82, 2.24) is 4.57 Å². The fourth-order valence-corrected chi connectivity index (χ4v) is 8.12. The Bertz CT molecular complexity index is 2890. The van der Waals surface area contributed by atoms with E-state index < -0.39 is 0 Å². The topological polar surface area (TPSA) is 8.17 Å². The number of aromatic nitrogens is 1. The number of fused-ring (bicyclic) bond motifs is 4. The zero-order chi connectivity index (χ0) is 35.8. The van der Waals surface area contributed by atoms with Gasteiger partial charge in [-0.3, -0.25) is 0 Å². The Kier molecular flexibility index (Phi) is 7.85. The molecule has 0 bridgehead atoms. The summed E-state index contributed by atoms with van der Waals surface area (Å²) in [5.74, 6) is 0. The molecule has 2 heteroatoms. The van der Waals surface area contributed by atoms with Crippen LogP contribution < -0.4 is 4.90 Å². The summed E-state index contributed by atoms with van der Waals surface area (Å²) >= 11 is 0. The van der Waals surface area contributed by atoms with E-state index >= 15 is 0 Å². The van der Waals surface area contributed by atoms with Crippen LogP contribution in [-0.4, -0.2) is 4.57 Å². The second-order valence-electron chi connectivity index (χ2n) is 13.7. The Labute approximate surface area is 315 Å². The Morgan fingerprint density at radius 2 is 0.870 bits per heavy atom. The summed E-state index contributed by atoms with van der Waals surface area (Å²) in [7, 11) is 0. The van der Waals surface area contributed by atoms with E-state index in [2.05, 4.69) is 228 Å². The van der Waals surface area contributed by atoms with Gasteiger partial charge in [0.15, 0.2) is 0 Å². The minimum Gasteiger partial charge on any atom is -0.310 e. The van der Waals surface area contributed by atoms with Gasteiger partial charge in [0.25, 0.3) is 0 Å². The highest BCUT2D eigenvalue weighted by Crippen LogP contribution is 2.45. The summed E-state index contributed by atoms with van der Waals surface area (Å²) < 4.78 is 2.42. The van der Waals surface area contributed by atoms with Crippen molar-refractivity contribution in [3.05, 3.63) is 218 Å². The van der Waals surface area contributed by atoms with Crippen LogP contribution in [0.2, 0.25) is 0 Å². The third kappa shape index (κ3) is 5.44. The van der Waals surface area contributed by atoms with E-state index in [0.29, 0.717) is 0 Å². The van der Waals surface area contributed by atoms with Gasteiger partial charge in [-0.25, -0.2) is 0 Å². The van der Waals surface area contributed by atoms with Gasteiger partial charge in [0.1, 0.15) is 0 Å². The fraction of sp³-hybridized carbons (Fsp3) is 0. The van der Waals surface area contributed by atoms with Gasteiger partial charge in [-0.05, 0) is 87.3 Å². The molecule has 1 aromatic heterocycles. The lowest BCUT2D eigenvalue weighted by molar-refractivity contribution is 1.18. The number of nitrogens with zero attached hydrogens (tertiary/aromatic N) is 2. The zero-order valence-electron chi connectivity index (χ0n) is 29.7. The van der Waals surface area contributed by atoms with Crippen LogP contribution in [-0.2, 0) is 0 Å². The van der Waals surface area contributed by atoms with Gasteiger partial charge < -0.3 is 9.47 Å². The van der Waals surface area contributed by atoms with Crippen LogP contribution in [0.25, 0.3) is 71.6 Å². The molecule has 0 aliphatic heterocycles. The number of hydrogen-bond donors (Lipinski definition) is 0. The van der Waals surface area contributed by atoms with E-state index in [1.165, 1.54) is 60.4 Å². The van der Waals surface area contributed by atoms with Crippen LogP contribution in [0.3, 0.4) is 0 Å². The molecule has 0 spiro atoms. The number of anilines is 3. The molecule has 0 atom stereocenters. The van der Waals surface area contributed by atoms with Crippen LogP contribution in [0.4, 0.5) is 17.1 Å². The molecule has 0 N–H and O–H groups in total. The highest BCUT2D eigenvalue weighted by molar-refractivity contribution is 6.17. The average Bonchev–Trinajstić information content (AvgIpc) is 3.59. The molecule has 0 saturated heterocycles. The maximum Gasteiger partial charge on any atom is 0.0562 e. The Morgan fingerprint density at radius 1 is 0.315 bits per heavy atom. The molecular formula is C52H36N2. The van der Waals surface area contributed by atoms with Crippen LogP contribution in [0.5, 0.6) is 0 Å². The summed E-state index contributed by atoms with van der Waals surface area (Å²) in [6.07, 6.45) is 0. The average molecular weight is 689 g/mol. The van der Waals surface area contributed by atoms with Crippen molar-refractivity contribution in [2.45, 2.75) is 0 Å². The predicted octanol–water partition coefficient (Wildman–Crippen LogP) is 14.4. The molecule has 0 amide bonds. The largest absolute Gasteiger partial charge is 0.310 e. The predicted molar refractivity (Wildman–Crippen MR) is 229 cm³/mol. The van der Waals surface area contributed by atoms with E-state index in [9.17, 15) is 0 Å². The smallest absolute Gasteiger partial charge is 0.0562 e. The first-order chi connectivity index (χ1) is 26.8.